The number of aldehydes is 1. The maximum atomic E-state index is 11.6. The Morgan fingerprint density at radius 3 is 1.74 bits per heavy atom. The van der Waals surface area contributed by atoms with Crippen LogP contribution >= 0.6 is 0 Å². The minimum absolute atomic E-state index is 0. The van der Waals surface area contributed by atoms with Gasteiger partial charge in [0.15, 0.2) is 6.29 Å². The standard InChI is InChI=1S/C11H16N2O2S.C7H7NO.C4H11NOS.CH2O3.CH4.2Cs.H/c1-11(2,3)16(14)12-8-9-6-5-7-10(13-9)15-4;1-6-3-2-4-7(5-9)8-6;1-4(2,3)7(5)6;2-1-4-3;;;;/h5-8H,1-4H3;2-5H,1H3;5H2,1-3H3;1,3H;1H4;;;/q;;;;;2*+1;-1/p-1/t16-;;7-;;;;;/m1.1...../s1. The van der Waals surface area contributed by atoms with E-state index in [0.29, 0.717) is 17.3 Å². The van der Waals surface area contributed by atoms with Crippen LogP contribution in [0.15, 0.2) is 40.8 Å². The number of nitrogens with two attached hydrogens (primary N) is 1. The minimum atomic E-state index is -1.26. The second-order valence-corrected chi connectivity index (χ2v) is 12.4. The number of rotatable bonds is 5. The summed E-state index contributed by atoms with van der Waals surface area (Å²) >= 11 is 0. The van der Waals surface area contributed by atoms with Gasteiger partial charge in [0.1, 0.15) is 16.7 Å². The third-order valence-corrected chi connectivity index (χ3v) is 5.98. The molecular weight excluding hydrogens is 786 g/mol. The molecule has 0 fully saturated rings. The fourth-order valence-electron chi connectivity index (χ4n) is 1.51. The van der Waals surface area contributed by atoms with Gasteiger partial charge in [-0.05, 0) is 66.7 Å². The number of hydrogen-bond donors (Lipinski definition) is 1. The van der Waals surface area contributed by atoms with Crippen LogP contribution in [0.3, 0.4) is 0 Å². The number of aryl methyl sites for hydroxylation is 1. The zero-order chi connectivity index (χ0) is 28.4. The fourth-order valence-corrected chi connectivity index (χ4v) is 2.03. The van der Waals surface area contributed by atoms with E-state index in [2.05, 4.69) is 19.3 Å². The summed E-state index contributed by atoms with van der Waals surface area (Å²) in [5.74, 6) is 0.519. The summed E-state index contributed by atoms with van der Waals surface area (Å²) in [6, 6.07) is 10.7. The Balaban J connectivity index is -0.000000104. The molecule has 2 N–H and O–H groups in total. The number of ether oxygens (including phenoxy) is 1. The molecule has 212 valence electrons. The van der Waals surface area contributed by atoms with Gasteiger partial charge in [-0.25, -0.2) is 13.4 Å². The van der Waals surface area contributed by atoms with Gasteiger partial charge in [-0.1, -0.05) is 19.6 Å². The number of pyridine rings is 2. The zero-order valence-electron chi connectivity index (χ0n) is 24.8. The first kappa shape index (κ1) is 49.9. The number of carbonyl (C=O) groups is 2. The van der Waals surface area contributed by atoms with Crippen molar-refractivity contribution < 1.29 is 172 Å². The van der Waals surface area contributed by atoms with E-state index in [1.807, 2.05) is 66.7 Å². The van der Waals surface area contributed by atoms with Gasteiger partial charge in [-0.15, -0.1) is 0 Å². The molecule has 0 aliphatic carbocycles. The molecule has 0 spiro atoms. The molecule has 2 aromatic rings. The molecule has 0 bridgehead atoms. The second-order valence-electron chi connectivity index (χ2n) is 8.62. The number of methoxy groups -OCH3 is 1. The van der Waals surface area contributed by atoms with E-state index < -0.39 is 22.0 Å². The molecule has 0 amide bonds. The van der Waals surface area contributed by atoms with E-state index in [-0.39, 0.29) is 163 Å². The molecule has 0 aromatic carbocycles. The predicted octanol–water partition coefficient (Wildman–Crippen LogP) is -3.23. The molecule has 0 saturated carbocycles. The van der Waals surface area contributed by atoms with E-state index in [4.69, 9.17) is 19.9 Å². The Bertz CT molecular complexity index is 1020. The number of aromatic nitrogens is 2. The molecule has 15 heteroatoms. The average Bonchev–Trinajstić information content (AvgIpc) is 2.82. The summed E-state index contributed by atoms with van der Waals surface area (Å²) in [5.41, 5.74) is 2.01. The molecule has 0 aliphatic heterocycles. The average molecular weight is 827 g/mol. The smallest absolute Gasteiger partial charge is 1.00 e. The zero-order valence-corrected chi connectivity index (χ0v) is 38.0. The number of hydrogen-bond acceptors (Lipinski definition) is 9. The van der Waals surface area contributed by atoms with Crippen LogP contribution in [0.5, 0.6) is 5.88 Å². The van der Waals surface area contributed by atoms with Gasteiger partial charge in [0.2, 0.25) is 5.88 Å². The molecule has 0 radical (unpaired) electrons. The molecule has 39 heavy (non-hydrogen) atoms. The molecule has 2 aromatic heterocycles. The Hall–Kier alpha value is 1.23. The quantitative estimate of drug-likeness (QED) is 0.141. The summed E-state index contributed by atoms with van der Waals surface area (Å²) < 4.78 is 30.3. The Morgan fingerprint density at radius 1 is 0.949 bits per heavy atom. The number of nitrogens with zero attached hydrogens (tertiary/aromatic N) is 3. The Morgan fingerprint density at radius 2 is 1.41 bits per heavy atom. The van der Waals surface area contributed by atoms with Gasteiger partial charge in [0.05, 0.1) is 39.5 Å². The number of carbonyl (C=O) groups excluding carboxylic acids is 2. The molecule has 11 nitrogen and oxygen atoms in total. The van der Waals surface area contributed by atoms with Crippen molar-refractivity contribution in [3.05, 3.63) is 53.5 Å². The summed E-state index contributed by atoms with van der Waals surface area (Å²) in [6.07, 6.45) is 2.25. The molecular formula is C24H40Cs2N4O7S2. The maximum Gasteiger partial charge on any atom is 1.00 e. The molecule has 2 rings (SSSR count). The molecule has 2 atom stereocenters. The van der Waals surface area contributed by atoms with Gasteiger partial charge in [0.25, 0.3) is 6.47 Å². The first-order valence-electron chi connectivity index (χ1n) is 10.4. The van der Waals surface area contributed by atoms with Crippen LogP contribution in [0.2, 0.25) is 0 Å². The van der Waals surface area contributed by atoms with Crippen molar-refractivity contribution in [2.75, 3.05) is 7.11 Å². The molecule has 0 saturated heterocycles. The normalized spacial score (nSPS) is 11.3. The third kappa shape index (κ3) is 29.1. The van der Waals surface area contributed by atoms with Gasteiger partial charge < -0.3 is 16.3 Å². The molecule has 2 heterocycles. The second kappa shape index (κ2) is 28.0. The van der Waals surface area contributed by atoms with Crippen molar-refractivity contribution in [1.82, 2.24) is 9.97 Å². The molecule has 0 unspecified atom stereocenters. The summed E-state index contributed by atoms with van der Waals surface area (Å²) in [7, 11) is -0.888. The van der Waals surface area contributed by atoms with Crippen molar-refractivity contribution in [2.24, 2.45) is 9.54 Å². The van der Waals surface area contributed by atoms with E-state index in [0.717, 1.165) is 12.0 Å². The largest absolute Gasteiger partial charge is 1.00 e. The predicted molar refractivity (Wildman–Crippen MR) is 148 cm³/mol. The first-order chi connectivity index (χ1) is 16.6. The fraction of sp³-hybridized carbons (Fsp3) is 0.458. The van der Waals surface area contributed by atoms with Crippen LogP contribution in [-0.4, -0.2) is 54.0 Å². The topological polar surface area (TPSA) is 174 Å². The first-order valence-corrected chi connectivity index (χ1v) is 12.7. The minimum Gasteiger partial charge on any atom is -1.00 e. The van der Waals surface area contributed by atoms with Crippen LogP contribution in [0.25, 0.3) is 0 Å². The van der Waals surface area contributed by atoms with Crippen LogP contribution in [-0.2, 0) is 31.7 Å². The summed E-state index contributed by atoms with van der Waals surface area (Å²) in [5, 5.41) is 13.5. The SMILES string of the molecule is C.CC(C)(C)[S@](N)=O.COc1cccc(C=N[S@](=O)C(C)(C)C)n1.Cc1cccc(C=O)n1.O=CO[O-].[Cs+].[Cs+].[H-]. The maximum absolute atomic E-state index is 11.6. The van der Waals surface area contributed by atoms with Gasteiger partial charge >= 0.3 is 138 Å². The van der Waals surface area contributed by atoms with E-state index in [1.54, 1.807) is 25.3 Å². The van der Waals surface area contributed by atoms with E-state index in [9.17, 15) is 13.2 Å². The van der Waals surface area contributed by atoms with Gasteiger partial charge in [-0.3, -0.25) is 19.7 Å². The Labute approximate surface area is 357 Å². The van der Waals surface area contributed by atoms with Crippen molar-refractivity contribution in [2.45, 2.75) is 65.4 Å². The van der Waals surface area contributed by atoms with Crippen molar-refractivity contribution >= 4 is 40.9 Å². The van der Waals surface area contributed by atoms with Gasteiger partial charge in [-0.2, -0.15) is 4.40 Å². The van der Waals surface area contributed by atoms with E-state index in [1.165, 1.54) is 6.21 Å². The summed E-state index contributed by atoms with van der Waals surface area (Å²) in [4.78, 5) is 29.4. The third-order valence-electron chi connectivity index (χ3n) is 3.43. The summed E-state index contributed by atoms with van der Waals surface area (Å²) in [6.45, 7) is 12.8. The van der Waals surface area contributed by atoms with Crippen LogP contribution in [0.4, 0.5) is 0 Å². The van der Waals surface area contributed by atoms with Crippen molar-refractivity contribution in [3.63, 3.8) is 0 Å². The van der Waals surface area contributed by atoms with Crippen molar-refractivity contribution in [1.29, 1.82) is 0 Å². The molecule has 0 aliphatic rings. The monoisotopic (exact) mass is 826 g/mol. The Kier molecular flexibility index (Phi) is 35.9. The van der Waals surface area contributed by atoms with Crippen molar-refractivity contribution in [3.8, 4) is 5.88 Å². The van der Waals surface area contributed by atoms with Crippen LogP contribution < -0.4 is 153 Å². The van der Waals surface area contributed by atoms with Crippen LogP contribution in [0.1, 0.15) is 72.3 Å². The van der Waals surface area contributed by atoms with Crippen LogP contribution in [0, 0.1) is 6.92 Å². The van der Waals surface area contributed by atoms with Gasteiger partial charge in [0, 0.05) is 11.8 Å². The van der Waals surface area contributed by atoms with E-state index >= 15 is 0 Å².